The lowest BCUT2D eigenvalue weighted by Gasteiger charge is -2.34. The van der Waals surface area contributed by atoms with Gasteiger partial charge >= 0.3 is 0 Å². The first-order valence-corrected chi connectivity index (χ1v) is 13.9. The molecule has 34 heavy (non-hydrogen) atoms. The number of hydrogen-bond acceptors (Lipinski definition) is 8. The highest BCUT2D eigenvalue weighted by molar-refractivity contribution is 7.92. The van der Waals surface area contributed by atoms with Gasteiger partial charge in [0.15, 0.2) is 21.7 Å². The van der Waals surface area contributed by atoms with Crippen molar-refractivity contribution in [3.63, 3.8) is 0 Å². The third-order valence-electron chi connectivity index (χ3n) is 7.38. The van der Waals surface area contributed by atoms with Gasteiger partial charge in [-0.15, -0.1) is 5.10 Å². The minimum Gasteiger partial charge on any atom is -0.377 e. The van der Waals surface area contributed by atoms with Crippen molar-refractivity contribution in [1.29, 1.82) is 0 Å². The summed E-state index contributed by atoms with van der Waals surface area (Å²) in [6.45, 7) is 4.73. The number of hydrogen-bond donors (Lipinski definition) is 0. The van der Waals surface area contributed by atoms with Crippen LogP contribution in [0, 0.1) is 0 Å². The zero-order chi connectivity index (χ0) is 23.5. The molecular weight excluding hydrogens is 456 g/mol. The van der Waals surface area contributed by atoms with Gasteiger partial charge in [-0.2, -0.15) is 5.10 Å². The van der Waals surface area contributed by atoms with Crippen LogP contribution >= 0.6 is 0 Å². The molecule has 3 fully saturated rings. The molecule has 2 atom stereocenters. The average Bonchev–Trinajstić information content (AvgIpc) is 3.33. The largest absolute Gasteiger partial charge is 0.377 e. The minimum absolute atomic E-state index is 0.128. The molecule has 3 aliphatic rings. The highest BCUT2D eigenvalue weighted by Gasteiger charge is 2.55. The van der Waals surface area contributed by atoms with Crippen LogP contribution in [0.15, 0.2) is 24.5 Å². The van der Waals surface area contributed by atoms with Crippen LogP contribution in [0.25, 0.3) is 17.0 Å². The zero-order valence-electron chi connectivity index (χ0n) is 19.6. The third-order valence-corrected chi connectivity index (χ3v) is 9.43. The van der Waals surface area contributed by atoms with Crippen LogP contribution in [0.3, 0.4) is 0 Å². The summed E-state index contributed by atoms with van der Waals surface area (Å²) in [5.41, 5.74) is 2.94. The molecule has 10 nitrogen and oxygen atoms in total. The molecule has 0 amide bonds. The number of nitrogens with zero attached hydrogens (tertiary/aromatic N) is 6. The van der Waals surface area contributed by atoms with Crippen LogP contribution in [0.4, 0.5) is 5.82 Å². The molecule has 5 heterocycles. The standard InChI is InChI=1S/C23H30N6O4S/c1-16-15-32-12-10-27(16)20-13-17(23(7-8-23)34(2,30)31)22-24-14-19(29(22)26-20)18-6-9-25-28(18)21-5-3-4-11-33-21/h6,9,13-14,16,21H,3-5,7-8,10-12,15H2,1-2H3/t16-,21?/m1/s1. The summed E-state index contributed by atoms with van der Waals surface area (Å²) < 4.78 is 40.2. The van der Waals surface area contributed by atoms with E-state index in [1.165, 1.54) is 6.26 Å². The van der Waals surface area contributed by atoms with E-state index in [2.05, 4.69) is 16.9 Å². The molecule has 0 bridgehead atoms. The predicted molar refractivity (Wildman–Crippen MR) is 126 cm³/mol. The lowest BCUT2D eigenvalue weighted by molar-refractivity contribution is -0.0384. The zero-order valence-corrected chi connectivity index (χ0v) is 20.4. The molecule has 1 unspecified atom stereocenters. The fourth-order valence-electron chi connectivity index (χ4n) is 5.29. The Morgan fingerprint density at radius 3 is 2.74 bits per heavy atom. The van der Waals surface area contributed by atoms with E-state index >= 15 is 0 Å². The highest BCUT2D eigenvalue weighted by atomic mass is 32.2. The summed E-state index contributed by atoms with van der Waals surface area (Å²) in [6, 6.07) is 4.01. The second-order valence-electron chi connectivity index (χ2n) is 9.66. The number of anilines is 1. The van der Waals surface area contributed by atoms with E-state index in [0.717, 1.165) is 48.6 Å². The van der Waals surface area contributed by atoms with Crippen molar-refractivity contribution in [3.05, 3.63) is 30.1 Å². The Morgan fingerprint density at radius 1 is 1.18 bits per heavy atom. The van der Waals surface area contributed by atoms with Crippen LogP contribution in [-0.2, 0) is 24.1 Å². The van der Waals surface area contributed by atoms with Crippen molar-refractivity contribution in [2.45, 2.75) is 56.0 Å². The summed E-state index contributed by atoms with van der Waals surface area (Å²) in [4.78, 5) is 6.89. The number of morpholine rings is 1. The molecule has 3 aromatic rings. The van der Waals surface area contributed by atoms with Gasteiger partial charge < -0.3 is 14.4 Å². The lowest BCUT2D eigenvalue weighted by atomic mass is 10.1. The van der Waals surface area contributed by atoms with E-state index in [-0.39, 0.29) is 12.3 Å². The number of fused-ring (bicyclic) bond motifs is 1. The fourth-order valence-corrected chi connectivity index (χ4v) is 6.68. The highest BCUT2D eigenvalue weighted by Crippen LogP contribution is 2.54. The first kappa shape index (κ1) is 22.0. The Bertz CT molecular complexity index is 1320. The topological polar surface area (TPSA) is 104 Å². The SMILES string of the molecule is C[C@@H]1COCCN1c1cc(C2(S(C)(=O)=O)CC2)c2ncc(-c3ccnn3C3CCCCO3)n2n1. The normalized spacial score (nSPS) is 25.1. The molecule has 6 rings (SSSR count). The number of aromatic nitrogens is 5. The molecule has 0 aromatic carbocycles. The number of rotatable bonds is 5. The Morgan fingerprint density at radius 2 is 2.03 bits per heavy atom. The van der Waals surface area contributed by atoms with Gasteiger partial charge in [0.25, 0.3) is 0 Å². The first-order valence-electron chi connectivity index (χ1n) is 12.0. The molecule has 2 aliphatic heterocycles. The van der Waals surface area contributed by atoms with Crippen LogP contribution in [-0.4, -0.2) is 71.5 Å². The van der Waals surface area contributed by atoms with Crippen molar-refractivity contribution in [1.82, 2.24) is 24.4 Å². The number of imidazole rings is 1. The summed E-state index contributed by atoms with van der Waals surface area (Å²) in [5.74, 6) is 0.743. The average molecular weight is 487 g/mol. The van der Waals surface area contributed by atoms with Crippen molar-refractivity contribution < 1.29 is 17.9 Å². The Labute approximate surface area is 198 Å². The smallest absolute Gasteiger partial charge is 0.159 e. The van der Waals surface area contributed by atoms with E-state index < -0.39 is 14.6 Å². The Kier molecular flexibility index (Phi) is 5.19. The van der Waals surface area contributed by atoms with E-state index in [4.69, 9.17) is 19.6 Å². The van der Waals surface area contributed by atoms with Gasteiger partial charge in [0, 0.05) is 31.2 Å². The van der Waals surface area contributed by atoms with E-state index in [9.17, 15) is 8.42 Å². The quantitative estimate of drug-likeness (QED) is 0.542. The van der Waals surface area contributed by atoms with Crippen molar-refractivity contribution in [2.24, 2.45) is 0 Å². The van der Waals surface area contributed by atoms with Gasteiger partial charge in [-0.05, 0) is 51.2 Å². The predicted octanol–water partition coefficient (Wildman–Crippen LogP) is 2.55. The fraction of sp³-hybridized carbons (Fsp3) is 0.609. The first-order chi connectivity index (χ1) is 16.4. The van der Waals surface area contributed by atoms with Gasteiger partial charge in [-0.25, -0.2) is 22.6 Å². The van der Waals surface area contributed by atoms with Gasteiger partial charge in [0.1, 0.15) is 16.3 Å². The van der Waals surface area contributed by atoms with Crippen LogP contribution in [0.5, 0.6) is 0 Å². The maximum Gasteiger partial charge on any atom is 0.159 e. The Balaban J connectivity index is 1.54. The molecule has 0 radical (unpaired) electrons. The van der Waals surface area contributed by atoms with Gasteiger partial charge in [-0.1, -0.05) is 0 Å². The minimum atomic E-state index is -3.33. The summed E-state index contributed by atoms with van der Waals surface area (Å²) in [7, 11) is -3.33. The van der Waals surface area contributed by atoms with Crippen molar-refractivity contribution in [3.8, 4) is 11.4 Å². The van der Waals surface area contributed by atoms with Gasteiger partial charge in [0.05, 0.1) is 31.1 Å². The van der Waals surface area contributed by atoms with Gasteiger partial charge in [0.2, 0.25) is 0 Å². The maximum atomic E-state index is 12.9. The lowest BCUT2D eigenvalue weighted by Crippen LogP contribution is -2.44. The molecule has 0 N–H and O–H groups in total. The molecule has 2 saturated heterocycles. The molecule has 0 spiro atoms. The van der Waals surface area contributed by atoms with Crippen LogP contribution in [0.1, 0.15) is 50.8 Å². The Hall–Kier alpha value is -2.50. The van der Waals surface area contributed by atoms with Crippen LogP contribution in [0.2, 0.25) is 0 Å². The van der Waals surface area contributed by atoms with Crippen molar-refractivity contribution in [2.75, 3.05) is 37.5 Å². The second kappa shape index (κ2) is 8.03. The number of ether oxygens (including phenoxy) is 2. The summed E-state index contributed by atoms with van der Waals surface area (Å²) in [5, 5.41) is 9.53. The molecule has 3 aromatic heterocycles. The molecule has 182 valence electrons. The monoisotopic (exact) mass is 486 g/mol. The van der Waals surface area contributed by atoms with E-state index in [0.29, 0.717) is 38.2 Å². The van der Waals surface area contributed by atoms with Crippen molar-refractivity contribution >= 4 is 21.3 Å². The van der Waals surface area contributed by atoms with E-state index in [1.54, 1.807) is 16.9 Å². The molecule has 1 aliphatic carbocycles. The molecule has 11 heteroatoms. The van der Waals surface area contributed by atoms with Crippen LogP contribution < -0.4 is 4.90 Å². The third kappa shape index (κ3) is 3.44. The van der Waals surface area contributed by atoms with Gasteiger partial charge in [-0.3, -0.25) is 0 Å². The van der Waals surface area contributed by atoms with E-state index in [1.807, 2.05) is 16.8 Å². The molecule has 1 saturated carbocycles. The number of sulfone groups is 1. The summed E-state index contributed by atoms with van der Waals surface area (Å²) >= 11 is 0. The summed E-state index contributed by atoms with van der Waals surface area (Å²) in [6.07, 6.45) is 8.98. The maximum absolute atomic E-state index is 12.9. The molecular formula is C23H30N6O4S. The second-order valence-corrected chi connectivity index (χ2v) is 12.0.